The zero-order chi connectivity index (χ0) is 7.68. The molecule has 2 aromatic heterocycles. The van der Waals surface area contributed by atoms with E-state index in [-0.39, 0.29) is 21.1 Å². The van der Waals surface area contributed by atoms with E-state index in [1.807, 2.05) is 0 Å². The number of nitrogens with zero attached hydrogens (tertiary/aromatic N) is 3. The third-order valence-corrected chi connectivity index (χ3v) is 2.38. The average molecular weight is 367 g/mol. The molecule has 1 unspecified atom stereocenters. The van der Waals surface area contributed by atoms with Crippen LogP contribution in [-0.2, 0) is 21.1 Å². The normalized spacial score (nSPS) is 9.42. The van der Waals surface area contributed by atoms with Crippen LogP contribution in [0.3, 0.4) is 0 Å². The largest absolute Gasteiger partial charge is 0.375 e. The predicted molar refractivity (Wildman–Crippen MR) is 45.7 cm³/mol. The van der Waals surface area contributed by atoms with Crippen molar-refractivity contribution in [1.29, 1.82) is 0 Å². The third-order valence-electron chi connectivity index (χ3n) is 1.10. The molecular formula is C5H4N4PSW-. The van der Waals surface area contributed by atoms with Crippen LogP contribution in [0.5, 0.6) is 0 Å². The fourth-order valence-corrected chi connectivity index (χ4v) is 1.68. The number of hydrogen-bond acceptors (Lipinski definition) is 4. The first-order valence-corrected chi connectivity index (χ1v) is 4.25. The molecule has 0 aromatic carbocycles. The van der Waals surface area contributed by atoms with Gasteiger partial charge in [0.15, 0.2) is 0 Å². The van der Waals surface area contributed by atoms with Crippen LogP contribution < -0.4 is 4.75 Å². The Labute approximate surface area is 89.7 Å². The first-order valence-electron chi connectivity index (χ1n) is 2.86. The number of nitrogens with one attached hydrogen (secondary N) is 1. The molecule has 0 aliphatic rings. The van der Waals surface area contributed by atoms with Crippen LogP contribution in [0.4, 0.5) is 0 Å². The van der Waals surface area contributed by atoms with Gasteiger partial charge in [-0.15, -0.1) is 9.24 Å². The van der Waals surface area contributed by atoms with Crippen molar-refractivity contribution in [2.75, 3.05) is 0 Å². The second kappa shape index (κ2) is 4.22. The summed E-state index contributed by atoms with van der Waals surface area (Å²) in [5, 5.41) is 6.46. The van der Waals surface area contributed by atoms with Gasteiger partial charge in [-0.2, -0.15) is 5.10 Å². The number of H-pyrrole nitrogens is 1. The molecule has 4 nitrogen and oxygen atoms in total. The number of thiazole rings is 1. The van der Waals surface area contributed by atoms with E-state index in [9.17, 15) is 0 Å². The molecule has 7 heteroatoms. The molecule has 0 amide bonds. The summed E-state index contributed by atoms with van der Waals surface area (Å²) in [7, 11) is 2.51. The van der Waals surface area contributed by atoms with Gasteiger partial charge in [0.25, 0.3) is 0 Å². The van der Waals surface area contributed by atoms with E-state index in [0.717, 1.165) is 15.5 Å². The van der Waals surface area contributed by atoms with Gasteiger partial charge in [0.1, 0.15) is 6.33 Å². The Hall–Kier alpha value is -0.112. The Morgan fingerprint density at radius 2 is 2.42 bits per heavy atom. The summed E-state index contributed by atoms with van der Waals surface area (Å²) >= 11 is 1.51. The van der Waals surface area contributed by atoms with Gasteiger partial charge in [-0.1, -0.05) is 6.20 Å². The van der Waals surface area contributed by atoms with Crippen LogP contribution in [0.15, 0.2) is 6.33 Å². The molecule has 0 fully saturated rings. The maximum absolute atomic E-state index is 3.96. The third kappa shape index (κ3) is 1.97. The quantitative estimate of drug-likeness (QED) is 0.580. The first-order chi connectivity index (χ1) is 5.36. The summed E-state index contributed by atoms with van der Waals surface area (Å²) in [6.07, 6.45) is 4.29. The van der Waals surface area contributed by atoms with Gasteiger partial charge in [-0.3, -0.25) is 4.98 Å². The van der Waals surface area contributed by atoms with Crippen LogP contribution in [0, 0.1) is 6.20 Å². The average Bonchev–Trinajstić information content (AvgIpc) is 2.55. The molecule has 2 rings (SSSR count). The van der Waals surface area contributed by atoms with E-state index in [0.29, 0.717) is 0 Å². The minimum absolute atomic E-state index is 0. The molecule has 2 aromatic rings. The molecule has 1 N–H and O–H groups in total. The molecule has 0 bridgehead atoms. The monoisotopic (exact) mass is 367 g/mol. The molecule has 0 radical (unpaired) electrons. The summed E-state index contributed by atoms with van der Waals surface area (Å²) in [5.74, 6) is 0.719. The number of aromatic amines is 1. The second-order valence-electron chi connectivity index (χ2n) is 1.83. The van der Waals surface area contributed by atoms with Crippen molar-refractivity contribution in [3.05, 3.63) is 12.5 Å². The maximum atomic E-state index is 3.96. The maximum Gasteiger partial charge on any atom is 0.123 e. The van der Waals surface area contributed by atoms with Crippen LogP contribution in [0.25, 0.3) is 10.7 Å². The van der Waals surface area contributed by atoms with E-state index >= 15 is 0 Å². The first kappa shape index (κ1) is 9.97. The van der Waals surface area contributed by atoms with Crippen molar-refractivity contribution in [1.82, 2.24) is 20.2 Å². The molecule has 0 aliphatic heterocycles. The van der Waals surface area contributed by atoms with Gasteiger partial charge in [0.2, 0.25) is 0 Å². The second-order valence-corrected chi connectivity index (χ2v) is 3.82. The van der Waals surface area contributed by atoms with Crippen molar-refractivity contribution in [2.45, 2.75) is 0 Å². The van der Waals surface area contributed by atoms with Crippen molar-refractivity contribution in [3.8, 4) is 10.7 Å². The minimum atomic E-state index is 0. The van der Waals surface area contributed by atoms with E-state index in [4.69, 9.17) is 0 Å². The van der Waals surface area contributed by atoms with Gasteiger partial charge < -0.3 is 10.1 Å². The molecular weight excluding hydrogens is 363 g/mol. The number of aromatic nitrogens is 4. The van der Waals surface area contributed by atoms with Crippen LogP contribution in [-0.4, -0.2) is 20.2 Å². The Balaban J connectivity index is 0.000000720. The Morgan fingerprint density at radius 3 is 2.92 bits per heavy atom. The molecule has 1 atom stereocenters. The van der Waals surface area contributed by atoms with Crippen LogP contribution in [0.2, 0.25) is 0 Å². The molecule has 0 spiro atoms. The summed E-state index contributed by atoms with van der Waals surface area (Å²) in [6.45, 7) is 0. The fraction of sp³-hybridized carbons (Fsp3) is 0. The fourth-order valence-electron chi connectivity index (χ4n) is 0.672. The smallest absolute Gasteiger partial charge is 0.123 e. The topological polar surface area (TPSA) is 54.5 Å². The molecule has 0 aliphatic carbocycles. The van der Waals surface area contributed by atoms with Crippen LogP contribution >= 0.6 is 20.6 Å². The summed E-state index contributed by atoms with van der Waals surface area (Å²) in [6, 6.07) is 0. The van der Waals surface area contributed by atoms with Gasteiger partial charge in [-0.05, 0) is 4.88 Å². The van der Waals surface area contributed by atoms with E-state index < -0.39 is 0 Å². The Bertz CT molecular complexity index is 346. The molecule has 0 saturated carbocycles. The van der Waals surface area contributed by atoms with Crippen molar-refractivity contribution < 1.29 is 21.1 Å². The SMILES string of the molecule is Pc1n[c-]c(-c2ncn[nH]2)s1.[W]. The van der Waals surface area contributed by atoms with E-state index in [1.54, 1.807) is 0 Å². The molecule has 2 heterocycles. The summed E-state index contributed by atoms with van der Waals surface area (Å²) in [4.78, 5) is 8.79. The molecule has 12 heavy (non-hydrogen) atoms. The minimum Gasteiger partial charge on any atom is -0.375 e. The zero-order valence-electron chi connectivity index (χ0n) is 5.81. The van der Waals surface area contributed by atoms with Gasteiger partial charge in [0.05, 0.1) is 5.82 Å². The van der Waals surface area contributed by atoms with E-state index in [1.165, 1.54) is 17.7 Å². The van der Waals surface area contributed by atoms with Crippen molar-refractivity contribution in [2.24, 2.45) is 0 Å². The van der Waals surface area contributed by atoms with Crippen LogP contribution in [0.1, 0.15) is 0 Å². The Kier molecular flexibility index (Phi) is 3.50. The number of hydrogen-bond donors (Lipinski definition) is 1. The van der Waals surface area contributed by atoms with Gasteiger partial charge in [0, 0.05) is 25.8 Å². The van der Waals surface area contributed by atoms with Gasteiger partial charge in [-0.25, -0.2) is 11.3 Å². The van der Waals surface area contributed by atoms with Crippen molar-refractivity contribution >= 4 is 25.3 Å². The zero-order valence-corrected chi connectivity index (χ0v) is 10.7. The molecule has 62 valence electrons. The predicted octanol–water partition coefficient (Wildman–Crippen LogP) is 0.226. The van der Waals surface area contributed by atoms with Crippen molar-refractivity contribution in [3.63, 3.8) is 0 Å². The Morgan fingerprint density at radius 1 is 1.58 bits per heavy atom. The van der Waals surface area contributed by atoms with E-state index in [2.05, 4.69) is 35.6 Å². The summed E-state index contributed by atoms with van der Waals surface area (Å²) < 4.78 is 0.899. The van der Waals surface area contributed by atoms with Gasteiger partial charge >= 0.3 is 0 Å². The summed E-state index contributed by atoms with van der Waals surface area (Å²) in [5.41, 5.74) is 0. The standard InChI is InChI=1S/C5H4N4PS.W/c10-5-6-1-3(11-5)4-7-2-8-9-4;/h2H,10H2,(H,7,8,9);/q-1;. The molecule has 0 saturated heterocycles. The number of rotatable bonds is 1.